The van der Waals surface area contributed by atoms with Gasteiger partial charge in [-0.15, -0.1) is 6.58 Å². The molecule has 1 heterocycles. The third-order valence-corrected chi connectivity index (χ3v) is 2.82. The van der Waals surface area contributed by atoms with E-state index in [-0.39, 0.29) is 6.10 Å². The van der Waals surface area contributed by atoms with Gasteiger partial charge in [0.05, 0.1) is 6.10 Å². The second kappa shape index (κ2) is 4.91. The number of nitrogens with one attached hydrogen (secondary N) is 1. The summed E-state index contributed by atoms with van der Waals surface area (Å²) in [5.74, 6) is 0. The van der Waals surface area contributed by atoms with Gasteiger partial charge in [0.25, 0.3) is 0 Å². The molecule has 0 saturated carbocycles. The molecule has 0 radical (unpaired) electrons. The molecule has 2 unspecified atom stereocenters. The number of hydrogen-bond acceptors (Lipinski definition) is 3. The molecule has 3 nitrogen and oxygen atoms in total. The predicted octanol–water partition coefficient (Wildman–Crippen LogP) is 1.08. The van der Waals surface area contributed by atoms with Crippen molar-refractivity contribution in [3.05, 3.63) is 12.2 Å². The summed E-state index contributed by atoms with van der Waals surface area (Å²) in [5, 5.41) is 13.4. The summed E-state index contributed by atoms with van der Waals surface area (Å²) in [7, 11) is 0. The van der Waals surface area contributed by atoms with E-state index in [1.54, 1.807) is 0 Å². The molecule has 0 aromatic heterocycles. The van der Waals surface area contributed by atoms with Crippen LogP contribution in [0.5, 0.6) is 0 Å². The van der Waals surface area contributed by atoms with Crippen molar-refractivity contribution in [2.45, 2.75) is 38.4 Å². The molecule has 3 heteroatoms. The maximum Gasteiger partial charge on any atom is 0.105 e. The van der Waals surface area contributed by atoms with Gasteiger partial charge in [0.15, 0.2) is 0 Å². The van der Waals surface area contributed by atoms with Crippen LogP contribution in [0.4, 0.5) is 0 Å². The molecule has 1 aliphatic heterocycles. The first-order chi connectivity index (χ1) is 6.54. The number of hydrogen-bond donors (Lipinski definition) is 2. The highest BCUT2D eigenvalue weighted by Gasteiger charge is 2.38. The molecule has 82 valence electrons. The molecule has 0 spiro atoms. The Morgan fingerprint density at radius 1 is 1.71 bits per heavy atom. The van der Waals surface area contributed by atoms with Crippen molar-refractivity contribution in [2.75, 3.05) is 19.7 Å². The van der Waals surface area contributed by atoms with Crippen molar-refractivity contribution >= 4 is 0 Å². The summed E-state index contributed by atoms with van der Waals surface area (Å²) in [6.45, 7) is 9.92. The molecule has 2 atom stereocenters. The molecular weight excluding hydrogens is 178 g/mol. The minimum absolute atomic E-state index is 0.0557. The molecule has 0 bridgehead atoms. The fraction of sp³-hybridized carbons (Fsp3) is 0.818. The van der Waals surface area contributed by atoms with E-state index in [2.05, 4.69) is 11.9 Å². The zero-order valence-electron chi connectivity index (χ0n) is 9.18. The lowest BCUT2D eigenvalue weighted by molar-refractivity contribution is -0.0259. The molecule has 0 aromatic rings. The van der Waals surface area contributed by atoms with Gasteiger partial charge >= 0.3 is 0 Å². The van der Waals surface area contributed by atoms with Gasteiger partial charge in [-0.3, -0.25) is 0 Å². The average Bonchev–Trinajstić information content (AvgIpc) is 2.42. The summed E-state index contributed by atoms with van der Waals surface area (Å²) in [5.41, 5.74) is 0.495. The van der Waals surface area contributed by atoms with Crippen LogP contribution in [0, 0.1) is 0 Å². The fourth-order valence-electron chi connectivity index (χ4n) is 1.61. The van der Waals surface area contributed by atoms with E-state index in [1.165, 1.54) is 5.57 Å². The van der Waals surface area contributed by atoms with Gasteiger partial charge in [-0.25, -0.2) is 0 Å². The fourth-order valence-corrected chi connectivity index (χ4v) is 1.61. The van der Waals surface area contributed by atoms with Gasteiger partial charge in [0.1, 0.15) is 5.60 Å². The largest absolute Gasteiger partial charge is 0.386 e. The maximum absolute atomic E-state index is 10.1. The number of aliphatic hydroxyl groups is 1. The summed E-state index contributed by atoms with van der Waals surface area (Å²) >= 11 is 0. The topological polar surface area (TPSA) is 41.5 Å². The van der Waals surface area contributed by atoms with Gasteiger partial charge in [-0.05, 0) is 26.8 Å². The average molecular weight is 199 g/mol. The van der Waals surface area contributed by atoms with E-state index >= 15 is 0 Å². The van der Waals surface area contributed by atoms with Crippen molar-refractivity contribution in [3.8, 4) is 0 Å². The highest BCUT2D eigenvalue weighted by Crippen LogP contribution is 2.24. The SMILES string of the molecule is C=C(C)CCNCC1(O)CCOC1C. The first-order valence-corrected chi connectivity index (χ1v) is 5.24. The maximum atomic E-state index is 10.1. The zero-order valence-corrected chi connectivity index (χ0v) is 9.18. The lowest BCUT2D eigenvalue weighted by atomic mass is 9.97. The van der Waals surface area contributed by atoms with Crippen LogP contribution in [0.15, 0.2) is 12.2 Å². The highest BCUT2D eigenvalue weighted by molar-refractivity contribution is 4.93. The second-order valence-electron chi connectivity index (χ2n) is 4.25. The quantitative estimate of drug-likeness (QED) is 0.514. The van der Waals surface area contributed by atoms with E-state index in [9.17, 15) is 5.11 Å². The molecule has 2 N–H and O–H groups in total. The molecule has 1 rings (SSSR count). The predicted molar refractivity (Wildman–Crippen MR) is 57.3 cm³/mol. The molecule has 0 aliphatic carbocycles. The van der Waals surface area contributed by atoms with Gasteiger partial charge in [0.2, 0.25) is 0 Å². The summed E-state index contributed by atoms with van der Waals surface area (Å²) < 4.78 is 5.34. The van der Waals surface area contributed by atoms with Crippen molar-refractivity contribution in [3.63, 3.8) is 0 Å². The lowest BCUT2D eigenvalue weighted by Gasteiger charge is -2.26. The lowest BCUT2D eigenvalue weighted by Crippen LogP contribution is -2.46. The smallest absolute Gasteiger partial charge is 0.105 e. The Hall–Kier alpha value is -0.380. The molecular formula is C11H21NO2. The molecule has 1 saturated heterocycles. The van der Waals surface area contributed by atoms with E-state index in [0.29, 0.717) is 13.2 Å². The van der Waals surface area contributed by atoms with E-state index in [0.717, 1.165) is 19.4 Å². The van der Waals surface area contributed by atoms with Crippen LogP contribution in [-0.4, -0.2) is 36.5 Å². The van der Waals surface area contributed by atoms with Crippen LogP contribution in [0.3, 0.4) is 0 Å². The molecule has 1 fully saturated rings. The Bertz CT molecular complexity index is 205. The Morgan fingerprint density at radius 3 is 2.93 bits per heavy atom. The Kier molecular flexibility index (Phi) is 4.11. The van der Waals surface area contributed by atoms with Gasteiger partial charge < -0.3 is 15.2 Å². The second-order valence-corrected chi connectivity index (χ2v) is 4.25. The summed E-state index contributed by atoms with van der Waals surface area (Å²) in [6.07, 6.45) is 1.64. The van der Waals surface area contributed by atoms with Crippen LogP contribution >= 0.6 is 0 Å². The van der Waals surface area contributed by atoms with Crippen molar-refractivity contribution in [2.24, 2.45) is 0 Å². The third-order valence-electron chi connectivity index (χ3n) is 2.82. The highest BCUT2D eigenvalue weighted by atomic mass is 16.5. The molecule has 0 amide bonds. The first-order valence-electron chi connectivity index (χ1n) is 5.24. The van der Waals surface area contributed by atoms with Crippen molar-refractivity contribution in [1.29, 1.82) is 0 Å². The molecule has 0 aromatic carbocycles. The zero-order chi connectivity index (χ0) is 10.6. The third kappa shape index (κ3) is 3.08. The van der Waals surface area contributed by atoms with Crippen LogP contribution in [0.1, 0.15) is 26.7 Å². The summed E-state index contributed by atoms with van der Waals surface area (Å²) in [4.78, 5) is 0. The van der Waals surface area contributed by atoms with Crippen LogP contribution in [0.25, 0.3) is 0 Å². The Labute approximate surface area is 86.2 Å². The van der Waals surface area contributed by atoms with E-state index in [1.807, 2.05) is 13.8 Å². The van der Waals surface area contributed by atoms with E-state index < -0.39 is 5.60 Å². The van der Waals surface area contributed by atoms with Gasteiger partial charge in [-0.1, -0.05) is 5.57 Å². The van der Waals surface area contributed by atoms with Crippen molar-refractivity contribution in [1.82, 2.24) is 5.32 Å². The van der Waals surface area contributed by atoms with E-state index in [4.69, 9.17) is 4.74 Å². The minimum Gasteiger partial charge on any atom is -0.386 e. The molecule has 14 heavy (non-hydrogen) atoms. The summed E-state index contributed by atoms with van der Waals surface area (Å²) in [6, 6.07) is 0. The standard InChI is InChI=1S/C11H21NO2/c1-9(2)4-6-12-8-11(13)5-7-14-10(11)3/h10,12-13H,1,4-8H2,2-3H3. The Morgan fingerprint density at radius 2 is 2.43 bits per heavy atom. The van der Waals surface area contributed by atoms with Crippen molar-refractivity contribution < 1.29 is 9.84 Å². The normalized spacial score (nSPS) is 32.1. The Balaban J connectivity index is 2.20. The number of rotatable bonds is 5. The van der Waals surface area contributed by atoms with Gasteiger partial charge in [-0.2, -0.15) is 0 Å². The van der Waals surface area contributed by atoms with Crippen LogP contribution in [0.2, 0.25) is 0 Å². The minimum atomic E-state index is -0.672. The van der Waals surface area contributed by atoms with Crippen LogP contribution < -0.4 is 5.32 Å². The number of ether oxygens (including phenoxy) is 1. The molecule has 1 aliphatic rings. The first kappa shape index (κ1) is 11.7. The monoisotopic (exact) mass is 199 g/mol. The van der Waals surface area contributed by atoms with Gasteiger partial charge in [0, 0.05) is 19.6 Å². The van der Waals surface area contributed by atoms with Crippen LogP contribution in [-0.2, 0) is 4.74 Å².